The molecule has 0 radical (unpaired) electrons. The highest BCUT2D eigenvalue weighted by Crippen LogP contribution is 2.24. The summed E-state index contributed by atoms with van der Waals surface area (Å²) in [6.07, 6.45) is 3.12. The lowest BCUT2D eigenvalue weighted by Crippen LogP contribution is -2.21. The Hall–Kier alpha value is -3.78. The predicted molar refractivity (Wildman–Crippen MR) is 110 cm³/mol. The third-order valence-electron chi connectivity index (χ3n) is 4.43. The van der Waals surface area contributed by atoms with E-state index >= 15 is 0 Å². The largest absolute Gasteiger partial charge is 0.479 e. The third kappa shape index (κ3) is 5.18. The van der Waals surface area contributed by atoms with E-state index < -0.39 is 12.1 Å². The number of amides is 1. The Labute approximate surface area is 172 Å². The highest BCUT2D eigenvalue weighted by Gasteiger charge is 2.13. The minimum absolute atomic E-state index is 0.0172. The van der Waals surface area contributed by atoms with Crippen LogP contribution in [-0.4, -0.2) is 38.0 Å². The molecule has 1 aromatic heterocycles. The van der Waals surface area contributed by atoms with Gasteiger partial charge in [-0.05, 0) is 48.0 Å². The zero-order valence-corrected chi connectivity index (χ0v) is 16.1. The molecule has 0 aliphatic carbocycles. The van der Waals surface area contributed by atoms with Gasteiger partial charge in [0.05, 0.1) is 11.9 Å². The number of aliphatic carboxylic acids is 1. The average molecular weight is 409 g/mol. The van der Waals surface area contributed by atoms with Gasteiger partial charge in [-0.25, -0.2) is 9.18 Å². The van der Waals surface area contributed by atoms with Gasteiger partial charge in [-0.1, -0.05) is 12.1 Å². The number of aliphatic hydroxyl groups is 1. The molecular weight excluding hydrogens is 389 g/mol. The summed E-state index contributed by atoms with van der Waals surface area (Å²) in [6.45, 7) is 0. The second kappa shape index (κ2) is 9.15. The van der Waals surface area contributed by atoms with Crippen LogP contribution in [0.2, 0.25) is 0 Å². The number of hydrogen-bond acceptors (Lipinski definition) is 4. The summed E-state index contributed by atoms with van der Waals surface area (Å²) in [5.41, 5.74) is 3.40. The number of carboxylic acid groups (broad SMARTS) is 1. The van der Waals surface area contributed by atoms with E-state index in [2.05, 4.69) is 10.4 Å². The lowest BCUT2D eigenvalue weighted by molar-refractivity contribution is -0.146. The van der Waals surface area contributed by atoms with Crippen LogP contribution in [0.5, 0.6) is 0 Å². The Kier molecular flexibility index (Phi) is 6.38. The number of anilines is 1. The molecule has 0 spiro atoms. The molecule has 0 aliphatic rings. The number of aromatic nitrogens is 2. The fourth-order valence-electron chi connectivity index (χ4n) is 2.92. The summed E-state index contributed by atoms with van der Waals surface area (Å²) in [5.74, 6) is -1.98. The summed E-state index contributed by atoms with van der Waals surface area (Å²) < 4.78 is 14.8. The van der Waals surface area contributed by atoms with Gasteiger partial charge in [0.25, 0.3) is 0 Å². The van der Waals surface area contributed by atoms with Crippen LogP contribution >= 0.6 is 0 Å². The molecule has 1 unspecified atom stereocenters. The first-order valence-corrected chi connectivity index (χ1v) is 9.10. The second-order valence-corrected chi connectivity index (χ2v) is 6.66. The van der Waals surface area contributed by atoms with Crippen molar-refractivity contribution < 1.29 is 24.2 Å². The van der Waals surface area contributed by atoms with E-state index in [4.69, 9.17) is 5.11 Å². The van der Waals surface area contributed by atoms with E-state index in [0.717, 1.165) is 11.3 Å². The standard InChI is InChI=1S/C22H20FN3O4/c1-26-21(15-4-7-17(23)8-5-15)16(13-24-26)6-11-20(28)25-18-9-2-14(3-10-18)12-19(27)22(29)30/h2-11,13,19,27H,12H2,1H3,(H,25,28)(H,29,30). The molecule has 154 valence electrons. The quantitative estimate of drug-likeness (QED) is 0.521. The maximum atomic E-state index is 13.2. The monoisotopic (exact) mass is 409 g/mol. The van der Waals surface area contributed by atoms with Gasteiger partial charge in [0.2, 0.25) is 5.91 Å². The molecule has 0 fully saturated rings. The summed E-state index contributed by atoms with van der Waals surface area (Å²) in [5, 5.41) is 25.0. The maximum absolute atomic E-state index is 13.2. The van der Waals surface area contributed by atoms with Gasteiger partial charge in [-0.15, -0.1) is 0 Å². The Balaban J connectivity index is 1.67. The van der Waals surface area contributed by atoms with Crippen LogP contribution in [0.3, 0.4) is 0 Å². The van der Waals surface area contributed by atoms with Crippen molar-refractivity contribution >= 4 is 23.6 Å². The Morgan fingerprint density at radius 1 is 1.17 bits per heavy atom. The van der Waals surface area contributed by atoms with Crippen molar-refractivity contribution in [2.24, 2.45) is 7.05 Å². The molecule has 0 saturated heterocycles. The van der Waals surface area contributed by atoms with Gasteiger partial charge in [0.15, 0.2) is 6.10 Å². The van der Waals surface area contributed by atoms with Crippen LogP contribution in [0.1, 0.15) is 11.1 Å². The number of hydrogen-bond donors (Lipinski definition) is 3. The van der Waals surface area contributed by atoms with Crippen molar-refractivity contribution in [3.05, 3.63) is 77.7 Å². The Morgan fingerprint density at radius 2 is 1.83 bits per heavy atom. The molecule has 1 heterocycles. The highest BCUT2D eigenvalue weighted by atomic mass is 19.1. The molecule has 0 saturated carbocycles. The number of rotatable bonds is 7. The number of carbonyl (C=O) groups is 2. The zero-order chi connectivity index (χ0) is 21.7. The second-order valence-electron chi connectivity index (χ2n) is 6.66. The smallest absolute Gasteiger partial charge is 0.332 e. The molecule has 1 amide bonds. The minimum Gasteiger partial charge on any atom is -0.479 e. The zero-order valence-electron chi connectivity index (χ0n) is 16.1. The molecule has 1 atom stereocenters. The van der Waals surface area contributed by atoms with Crippen LogP contribution in [0.4, 0.5) is 10.1 Å². The van der Waals surface area contributed by atoms with Gasteiger partial charge in [-0.3, -0.25) is 9.48 Å². The number of benzene rings is 2. The maximum Gasteiger partial charge on any atom is 0.332 e. The first-order valence-electron chi connectivity index (χ1n) is 9.10. The van der Waals surface area contributed by atoms with Crippen molar-refractivity contribution in [2.45, 2.75) is 12.5 Å². The fourth-order valence-corrected chi connectivity index (χ4v) is 2.92. The van der Waals surface area contributed by atoms with E-state index in [0.29, 0.717) is 16.8 Å². The van der Waals surface area contributed by atoms with Crippen LogP contribution in [-0.2, 0) is 23.1 Å². The van der Waals surface area contributed by atoms with Crippen molar-refractivity contribution in [3.63, 3.8) is 0 Å². The van der Waals surface area contributed by atoms with Gasteiger partial charge in [-0.2, -0.15) is 5.10 Å². The van der Waals surface area contributed by atoms with Crippen molar-refractivity contribution in [3.8, 4) is 11.3 Å². The SMILES string of the molecule is Cn1ncc(C=CC(=O)Nc2ccc(CC(O)C(=O)O)cc2)c1-c1ccc(F)cc1. The molecule has 3 N–H and O–H groups in total. The summed E-state index contributed by atoms with van der Waals surface area (Å²) in [4.78, 5) is 22.9. The van der Waals surface area contributed by atoms with Crippen LogP contribution < -0.4 is 5.32 Å². The summed E-state index contributed by atoms with van der Waals surface area (Å²) in [7, 11) is 1.76. The molecule has 0 bridgehead atoms. The molecule has 7 nitrogen and oxygen atoms in total. The number of carbonyl (C=O) groups excluding carboxylic acids is 1. The number of nitrogens with zero attached hydrogens (tertiary/aromatic N) is 2. The van der Waals surface area contributed by atoms with E-state index in [1.165, 1.54) is 18.2 Å². The molecule has 2 aromatic carbocycles. The Bertz CT molecular complexity index is 1070. The Morgan fingerprint density at radius 3 is 2.47 bits per heavy atom. The summed E-state index contributed by atoms with van der Waals surface area (Å²) >= 11 is 0. The molecule has 3 rings (SSSR count). The molecule has 8 heteroatoms. The van der Waals surface area contributed by atoms with Gasteiger partial charge >= 0.3 is 5.97 Å². The van der Waals surface area contributed by atoms with E-state index in [1.807, 2.05) is 0 Å². The number of carboxylic acids is 1. The van der Waals surface area contributed by atoms with Crippen molar-refractivity contribution in [1.29, 1.82) is 0 Å². The van der Waals surface area contributed by atoms with E-state index in [1.54, 1.807) is 60.4 Å². The van der Waals surface area contributed by atoms with Gasteiger partial charge in [0, 0.05) is 36.4 Å². The van der Waals surface area contributed by atoms with Crippen LogP contribution in [0.15, 0.2) is 60.8 Å². The van der Waals surface area contributed by atoms with Crippen molar-refractivity contribution in [1.82, 2.24) is 9.78 Å². The normalized spacial score (nSPS) is 12.1. The molecule has 30 heavy (non-hydrogen) atoms. The number of aryl methyl sites for hydroxylation is 1. The predicted octanol–water partition coefficient (Wildman–Crippen LogP) is 2.87. The highest BCUT2D eigenvalue weighted by molar-refractivity contribution is 6.02. The molecular formula is C22H20FN3O4. The summed E-state index contributed by atoms with van der Waals surface area (Å²) in [6, 6.07) is 12.5. The first-order chi connectivity index (χ1) is 14.3. The van der Waals surface area contributed by atoms with Crippen LogP contribution in [0, 0.1) is 5.82 Å². The average Bonchev–Trinajstić information content (AvgIpc) is 3.09. The van der Waals surface area contributed by atoms with Gasteiger partial charge < -0.3 is 15.5 Å². The molecule has 3 aromatic rings. The lowest BCUT2D eigenvalue weighted by atomic mass is 10.1. The third-order valence-corrected chi connectivity index (χ3v) is 4.43. The molecule has 0 aliphatic heterocycles. The van der Waals surface area contributed by atoms with E-state index in [9.17, 15) is 19.1 Å². The lowest BCUT2D eigenvalue weighted by Gasteiger charge is -2.07. The van der Waals surface area contributed by atoms with Crippen LogP contribution in [0.25, 0.3) is 17.3 Å². The number of aliphatic hydroxyl groups excluding tert-OH is 1. The fraction of sp³-hybridized carbons (Fsp3) is 0.136. The first kappa shape index (κ1) is 20.9. The van der Waals surface area contributed by atoms with Gasteiger partial charge in [0.1, 0.15) is 5.82 Å². The van der Waals surface area contributed by atoms with E-state index in [-0.39, 0.29) is 18.1 Å². The minimum atomic E-state index is -1.47. The topological polar surface area (TPSA) is 104 Å². The number of nitrogens with one attached hydrogen (secondary N) is 1. The van der Waals surface area contributed by atoms with Crippen molar-refractivity contribution in [2.75, 3.05) is 5.32 Å². The number of halogens is 1.